The highest BCUT2D eigenvalue weighted by Gasteiger charge is 2.34. The third-order valence-electron chi connectivity index (χ3n) is 2.74. The molecule has 0 spiro atoms. The number of furan rings is 1. The van der Waals surface area contributed by atoms with Crippen molar-refractivity contribution >= 4 is 0 Å². The van der Waals surface area contributed by atoms with Gasteiger partial charge >= 0.3 is 0 Å². The van der Waals surface area contributed by atoms with Crippen molar-refractivity contribution in [3.63, 3.8) is 0 Å². The van der Waals surface area contributed by atoms with E-state index < -0.39 is 6.02 Å². The molecule has 0 aliphatic heterocycles. The molecule has 1 aromatic heterocycles. The Balaban J connectivity index is 2.54. The van der Waals surface area contributed by atoms with E-state index in [1.54, 1.807) is 6.26 Å². The molecular formula is C10H15NO. The van der Waals surface area contributed by atoms with Gasteiger partial charge in [-0.25, -0.2) is 0 Å². The fraction of sp³-hybridized carbons (Fsp3) is 0.600. The van der Waals surface area contributed by atoms with Crippen LogP contribution in [-0.2, 0) is 6.42 Å². The Hall–Kier alpha value is -0.760. The summed E-state index contributed by atoms with van der Waals surface area (Å²) in [6.45, 7) is 4.08. The maximum atomic E-state index is 8.15. The van der Waals surface area contributed by atoms with Gasteiger partial charge in [0.2, 0.25) is 0 Å². The topological polar surface area (TPSA) is 39.2 Å². The lowest BCUT2D eigenvalue weighted by molar-refractivity contribution is 0.236. The average Bonchev–Trinajstić information content (AvgIpc) is 2.46. The van der Waals surface area contributed by atoms with Crippen molar-refractivity contribution < 1.29 is 5.79 Å². The molecule has 1 atom stereocenters. The van der Waals surface area contributed by atoms with Gasteiger partial charge in [0.15, 0.2) is 0 Å². The largest absolute Gasteiger partial charge is 0.469 e. The molecule has 2 nitrogen and oxygen atoms in total. The van der Waals surface area contributed by atoms with Gasteiger partial charge in [-0.15, -0.1) is 0 Å². The lowest BCUT2D eigenvalue weighted by Crippen LogP contribution is -2.33. The Kier molecular flexibility index (Phi) is 1.32. The normalized spacial score (nSPS) is 34.1. The molecule has 1 aliphatic rings. The number of nitrogens with two attached hydrogens (primary N) is 1. The van der Waals surface area contributed by atoms with Gasteiger partial charge < -0.3 is 10.2 Å². The van der Waals surface area contributed by atoms with Crippen molar-refractivity contribution in [2.24, 2.45) is 11.1 Å². The van der Waals surface area contributed by atoms with Crippen LogP contribution in [0, 0.1) is 5.41 Å². The molecule has 0 saturated heterocycles. The Morgan fingerprint density at radius 1 is 1.75 bits per heavy atom. The molecule has 2 rings (SSSR count). The van der Waals surface area contributed by atoms with Gasteiger partial charge in [0, 0.05) is 18.0 Å². The molecule has 1 aliphatic carbocycles. The summed E-state index contributed by atoms with van der Waals surface area (Å²) in [6.07, 6.45) is 3.43. The number of hydrogen-bond donors (Lipinski definition) is 1. The van der Waals surface area contributed by atoms with Crippen LogP contribution in [0.3, 0.4) is 0 Å². The molecule has 0 saturated carbocycles. The minimum absolute atomic E-state index is 0.177. The second-order valence-electron chi connectivity index (χ2n) is 4.06. The second-order valence-corrected chi connectivity index (χ2v) is 4.06. The van der Waals surface area contributed by atoms with E-state index in [2.05, 4.69) is 0 Å². The summed E-state index contributed by atoms with van der Waals surface area (Å²) in [7, 11) is 0. The maximum Gasteiger partial charge on any atom is 0.108 e. The zero-order valence-corrected chi connectivity index (χ0v) is 7.55. The van der Waals surface area contributed by atoms with Crippen LogP contribution in [0.1, 0.15) is 39.0 Å². The van der Waals surface area contributed by atoms with E-state index >= 15 is 0 Å². The van der Waals surface area contributed by atoms with Crippen molar-refractivity contribution in [1.82, 2.24) is 0 Å². The monoisotopic (exact) mass is 166 g/mol. The van der Waals surface area contributed by atoms with E-state index in [1.165, 1.54) is 0 Å². The van der Waals surface area contributed by atoms with E-state index in [-0.39, 0.29) is 5.41 Å². The summed E-state index contributed by atoms with van der Waals surface area (Å²) in [6, 6.07) is 0.816. The van der Waals surface area contributed by atoms with Gasteiger partial charge in [0.25, 0.3) is 0 Å². The van der Waals surface area contributed by atoms with Crippen LogP contribution in [0.15, 0.2) is 16.7 Å². The molecule has 0 radical (unpaired) electrons. The molecule has 0 bridgehead atoms. The van der Waals surface area contributed by atoms with Crippen molar-refractivity contribution in [2.45, 2.75) is 32.7 Å². The van der Waals surface area contributed by atoms with Crippen molar-refractivity contribution in [3.8, 4) is 0 Å². The van der Waals surface area contributed by atoms with Crippen LogP contribution in [-0.4, -0.2) is 0 Å². The van der Waals surface area contributed by atoms with E-state index in [4.69, 9.17) is 11.5 Å². The third kappa shape index (κ3) is 0.985. The third-order valence-corrected chi connectivity index (χ3v) is 2.74. The Morgan fingerprint density at radius 3 is 3.25 bits per heavy atom. The Labute approximate surface area is 74.2 Å². The minimum Gasteiger partial charge on any atom is -0.469 e. The first-order valence-electron chi connectivity index (χ1n) is 4.81. The molecular weight excluding hydrogens is 150 g/mol. The lowest BCUT2D eigenvalue weighted by atomic mass is 9.73. The van der Waals surface area contributed by atoms with Gasteiger partial charge in [-0.1, -0.05) is 13.8 Å². The Bertz CT molecular complexity index is 327. The molecule has 1 aromatic rings. The summed E-state index contributed by atoms with van der Waals surface area (Å²) in [4.78, 5) is 0. The van der Waals surface area contributed by atoms with E-state index in [9.17, 15) is 0 Å². The van der Waals surface area contributed by atoms with Crippen molar-refractivity contribution in [2.75, 3.05) is 0 Å². The number of fused-ring (bicyclic) bond motifs is 1. The van der Waals surface area contributed by atoms with Gasteiger partial charge in [0.05, 0.1) is 7.63 Å². The predicted molar refractivity (Wildman–Crippen MR) is 47.7 cm³/mol. The van der Waals surface area contributed by atoms with Gasteiger partial charge in [0.1, 0.15) is 5.76 Å². The summed E-state index contributed by atoms with van der Waals surface area (Å²) in [5, 5.41) is 0. The highest BCUT2D eigenvalue weighted by atomic mass is 16.3. The fourth-order valence-electron chi connectivity index (χ4n) is 1.70. The fourth-order valence-corrected chi connectivity index (χ4v) is 1.70. The maximum absolute atomic E-state index is 8.15. The van der Waals surface area contributed by atoms with Crippen molar-refractivity contribution in [1.29, 1.82) is 0 Å². The molecule has 2 N–H and O–H groups in total. The van der Waals surface area contributed by atoms with Crippen LogP contribution in [0.2, 0.25) is 0 Å². The highest BCUT2D eigenvalue weighted by molar-refractivity contribution is 5.26. The standard InChI is InChI=1S/C10H15NO/c1-10(2)5-3-8-7(9(10)11)4-6-12-8/h4,6,9H,3,5,11H2,1-2H3/i9D. The molecule has 0 aromatic carbocycles. The van der Waals surface area contributed by atoms with Crippen LogP contribution >= 0.6 is 0 Å². The van der Waals surface area contributed by atoms with Crippen LogP contribution in [0.4, 0.5) is 0 Å². The first-order chi connectivity index (χ1) is 5.95. The first-order valence-corrected chi connectivity index (χ1v) is 4.31. The number of aryl methyl sites for hydroxylation is 1. The van der Waals surface area contributed by atoms with Crippen molar-refractivity contribution in [3.05, 3.63) is 23.7 Å². The summed E-state index contributed by atoms with van der Waals surface area (Å²) >= 11 is 0. The van der Waals surface area contributed by atoms with Gasteiger partial charge in [-0.3, -0.25) is 0 Å². The average molecular weight is 166 g/mol. The van der Waals surface area contributed by atoms with Crippen LogP contribution < -0.4 is 5.73 Å². The van der Waals surface area contributed by atoms with Gasteiger partial charge in [-0.05, 0) is 17.9 Å². The highest BCUT2D eigenvalue weighted by Crippen LogP contribution is 2.41. The molecule has 12 heavy (non-hydrogen) atoms. The number of rotatable bonds is 0. The minimum atomic E-state index is -1.01. The van der Waals surface area contributed by atoms with E-state index in [1.807, 2.05) is 19.9 Å². The quantitative estimate of drug-likeness (QED) is 0.642. The van der Waals surface area contributed by atoms with Crippen LogP contribution in [0.5, 0.6) is 0 Å². The molecule has 0 fully saturated rings. The molecule has 1 heterocycles. The molecule has 0 amide bonds. The summed E-state index contributed by atoms with van der Waals surface area (Å²) in [5.74, 6) is 0.886. The summed E-state index contributed by atoms with van der Waals surface area (Å²) in [5.41, 5.74) is 6.69. The van der Waals surface area contributed by atoms with E-state index in [0.29, 0.717) is 0 Å². The summed E-state index contributed by atoms with van der Waals surface area (Å²) < 4.78 is 13.4. The smallest absolute Gasteiger partial charge is 0.108 e. The first kappa shape index (κ1) is 6.72. The Morgan fingerprint density at radius 2 is 2.50 bits per heavy atom. The SMILES string of the molecule is [2H]C1(N)c2ccoc2CCC1(C)C. The second kappa shape index (κ2) is 2.36. The predicted octanol–water partition coefficient (Wildman–Crippen LogP) is 2.25. The number of hydrogen-bond acceptors (Lipinski definition) is 2. The zero-order valence-electron chi connectivity index (χ0n) is 8.55. The zero-order chi connectivity index (χ0) is 9.69. The van der Waals surface area contributed by atoms with Crippen LogP contribution in [0.25, 0.3) is 0 Å². The van der Waals surface area contributed by atoms with E-state index in [0.717, 1.165) is 24.2 Å². The molecule has 66 valence electrons. The molecule has 1 unspecified atom stereocenters. The lowest BCUT2D eigenvalue weighted by Gasteiger charge is -2.35. The van der Waals surface area contributed by atoms with Gasteiger partial charge in [-0.2, -0.15) is 0 Å². The molecule has 2 heteroatoms.